The number of hydrogen-bond donors (Lipinski definition) is 1. The lowest BCUT2D eigenvalue weighted by atomic mass is 10.1. The van der Waals surface area contributed by atoms with Crippen molar-refractivity contribution in [3.63, 3.8) is 0 Å². The molecule has 0 fully saturated rings. The summed E-state index contributed by atoms with van der Waals surface area (Å²) in [5, 5.41) is 1.10. The molecule has 1 aromatic heterocycles. The molecule has 4 rings (SSSR count). The highest BCUT2D eigenvalue weighted by Gasteiger charge is 2.31. The maximum absolute atomic E-state index is 13.8. The highest BCUT2D eigenvalue weighted by atomic mass is 79.9. The van der Waals surface area contributed by atoms with Crippen molar-refractivity contribution in [1.29, 1.82) is 0 Å². The summed E-state index contributed by atoms with van der Waals surface area (Å²) in [6, 6.07) is 19.6. The molecule has 40 heavy (non-hydrogen) atoms. The van der Waals surface area contributed by atoms with Crippen LogP contribution in [0.4, 0.5) is 0 Å². The summed E-state index contributed by atoms with van der Waals surface area (Å²) in [6.07, 6.45) is 2.56. The van der Waals surface area contributed by atoms with E-state index in [1.54, 1.807) is 51.2 Å². The molecule has 0 radical (unpaired) electrons. The number of rotatable bonds is 12. The van der Waals surface area contributed by atoms with Gasteiger partial charge in [-0.3, -0.25) is 4.79 Å². The average molecular weight is 629 g/mol. The molecule has 10 heteroatoms. The fourth-order valence-electron chi connectivity index (χ4n) is 4.61. The third-order valence-electron chi connectivity index (χ3n) is 6.79. The molecular weight excluding hydrogens is 594 g/mol. The molecule has 4 aromatic rings. The summed E-state index contributed by atoms with van der Waals surface area (Å²) < 4.78 is 40.0. The summed E-state index contributed by atoms with van der Waals surface area (Å²) >= 11 is 3.35. The number of amides is 1. The number of para-hydroxylation sites is 1. The van der Waals surface area contributed by atoms with Gasteiger partial charge in [0.15, 0.2) is 11.5 Å². The van der Waals surface area contributed by atoms with Crippen LogP contribution in [-0.2, 0) is 27.8 Å². The van der Waals surface area contributed by atoms with Crippen LogP contribution in [0.1, 0.15) is 25.0 Å². The molecule has 0 saturated heterocycles. The number of sulfonamides is 1. The number of ether oxygens (including phenoxy) is 2. The van der Waals surface area contributed by atoms with Gasteiger partial charge < -0.3 is 19.4 Å². The quantitative estimate of drug-likeness (QED) is 0.220. The zero-order valence-corrected chi connectivity index (χ0v) is 25.5. The molecule has 8 nitrogen and oxygen atoms in total. The third-order valence-corrected chi connectivity index (χ3v) is 9.35. The number of aromatic nitrogens is 1. The minimum absolute atomic E-state index is 0.141. The normalized spacial score (nSPS) is 11.8. The zero-order valence-electron chi connectivity index (χ0n) is 23.1. The summed E-state index contributed by atoms with van der Waals surface area (Å²) in [4.78, 5) is 19.0. The molecule has 1 amide bonds. The van der Waals surface area contributed by atoms with E-state index in [4.69, 9.17) is 9.47 Å². The number of carbonyl (C=O) groups is 1. The molecule has 0 aliphatic heterocycles. The number of aromatic amines is 1. The maximum atomic E-state index is 13.8. The van der Waals surface area contributed by atoms with Crippen LogP contribution in [0.15, 0.2) is 82.3 Å². The first-order valence-electron chi connectivity index (χ1n) is 12.9. The Kier molecular flexibility index (Phi) is 9.55. The van der Waals surface area contributed by atoms with Crippen molar-refractivity contribution in [2.75, 3.05) is 27.3 Å². The predicted molar refractivity (Wildman–Crippen MR) is 160 cm³/mol. The molecule has 1 N–H and O–H groups in total. The first-order chi connectivity index (χ1) is 19.1. The maximum Gasteiger partial charge on any atom is 0.243 e. The summed E-state index contributed by atoms with van der Waals surface area (Å²) in [6.45, 7) is 3.95. The highest BCUT2D eigenvalue weighted by molar-refractivity contribution is 9.10. The summed E-state index contributed by atoms with van der Waals surface area (Å²) in [5.74, 6) is 0.865. The van der Waals surface area contributed by atoms with E-state index < -0.39 is 16.1 Å². The van der Waals surface area contributed by atoms with E-state index in [1.807, 2.05) is 42.6 Å². The number of halogens is 1. The van der Waals surface area contributed by atoms with Gasteiger partial charge in [0.1, 0.15) is 0 Å². The van der Waals surface area contributed by atoms with Gasteiger partial charge in [-0.05, 0) is 73.9 Å². The van der Waals surface area contributed by atoms with Crippen LogP contribution in [0.5, 0.6) is 11.5 Å². The van der Waals surface area contributed by atoms with E-state index >= 15 is 0 Å². The fraction of sp³-hybridized carbons (Fsp3) is 0.300. The Balaban J connectivity index is 1.62. The van der Waals surface area contributed by atoms with E-state index in [0.29, 0.717) is 24.5 Å². The van der Waals surface area contributed by atoms with Gasteiger partial charge in [-0.2, -0.15) is 4.31 Å². The van der Waals surface area contributed by atoms with Crippen molar-refractivity contribution in [1.82, 2.24) is 14.2 Å². The molecule has 0 unspecified atom stereocenters. The standard InChI is InChI=1S/C30H34BrN3O5S/c1-21(2)34(40(36,37)25-12-10-24(31)11-13-25)20-30(35)33(19-22-9-14-28(38-3)29(17-22)39-4)16-15-23-18-32-27-8-6-5-7-26(23)27/h5-14,17-18,21,32H,15-16,19-20H2,1-4H3. The number of benzene rings is 3. The smallest absolute Gasteiger partial charge is 0.243 e. The summed E-state index contributed by atoms with van der Waals surface area (Å²) in [5.41, 5.74) is 2.96. The second-order valence-corrected chi connectivity index (χ2v) is 12.5. The molecule has 0 aliphatic carbocycles. The molecule has 1 heterocycles. The molecule has 0 spiro atoms. The van der Waals surface area contributed by atoms with Gasteiger partial charge in [0.25, 0.3) is 0 Å². The number of methoxy groups -OCH3 is 2. The van der Waals surface area contributed by atoms with E-state index in [0.717, 1.165) is 26.5 Å². The first-order valence-corrected chi connectivity index (χ1v) is 15.2. The van der Waals surface area contributed by atoms with Crippen LogP contribution in [0.25, 0.3) is 10.9 Å². The molecule has 0 aliphatic rings. The highest BCUT2D eigenvalue weighted by Crippen LogP contribution is 2.29. The van der Waals surface area contributed by atoms with Crippen LogP contribution in [0, 0.1) is 0 Å². The monoisotopic (exact) mass is 627 g/mol. The van der Waals surface area contributed by atoms with Gasteiger partial charge in [0, 0.05) is 40.7 Å². The lowest BCUT2D eigenvalue weighted by Gasteiger charge is -2.29. The minimum atomic E-state index is -3.90. The number of hydrogen-bond acceptors (Lipinski definition) is 5. The molecule has 0 saturated carbocycles. The number of nitrogens with one attached hydrogen (secondary N) is 1. The number of carbonyl (C=O) groups excluding carboxylic acids is 1. The van der Waals surface area contributed by atoms with Crippen molar-refractivity contribution in [2.45, 2.75) is 37.8 Å². The van der Waals surface area contributed by atoms with Gasteiger partial charge in [0.2, 0.25) is 15.9 Å². The number of fused-ring (bicyclic) bond motifs is 1. The summed E-state index contributed by atoms with van der Waals surface area (Å²) in [7, 11) is -0.767. The third kappa shape index (κ3) is 6.68. The van der Waals surface area contributed by atoms with Crippen molar-refractivity contribution in [3.8, 4) is 11.5 Å². The van der Waals surface area contributed by atoms with Crippen molar-refractivity contribution < 1.29 is 22.7 Å². The molecule has 0 bridgehead atoms. The largest absolute Gasteiger partial charge is 0.493 e. The van der Waals surface area contributed by atoms with E-state index in [-0.39, 0.29) is 23.9 Å². The van der Waals surface area contributed by atoms with Gasteiger partial charge in [-0.1, -0.05) is 40.2 Å². The Bertz CT molecular complexity index is 1570. The number of H-pyrrole nitrogens is 1. The van der Waals surface area contributed by atoms with E-state index in [2.05, 4.69) is 20.9 Å². The minimum Gasteiger partial charge on any atom is -0.493 e. The zero-order chi connectivity index (χ0) is 28.9. The molecule has 0 atom stereocenters. The van der Waals surface area contributed by atoms with Gasteiger partial charge in [0.05, 0.1) is 25.7 Å². The second kappa shape index (κ2) is 12.9. The van der Waals surface area contributed by atoms with Crippen molar-refractivity contribution >= 4 is 42.8 Å². The van der Waals surface area contributed by atoms with Crippen molar-refractivity contribution in [3.05, 3.63) is 88.5 Å². The van der Waals surface area contributed by atoms with Crippen LogP contribution in [-0.4, -0.2) is 61.9 Å². The first kappa shape index (κ1) is 29.6. The Morgan fingerprint density at radius 2 is 1.68 bits per heavy atom. The predicted octanol–water partition coefficient (Wildman–Crippen LogP) is 5.62. The Morgan fingerprint density at radius 3 is 2.35 bits per heavy atom. The topological polar surface area (TPSA) is 91.9 Å². The Hall–Kier alpha value is -3.34. The average Bonchev–Trinajstić information content (AvgIpc) is 3.36. The van der Waals surface area contributed by atoms with Crippen LogP contribution in [0.2, 0.25) is 0 Å². The number of nitrogens with zero attached hydrogens (tertiary/aromatic N) is 2. The van der Waals surface area contributed by atoms with Crippen molar-refractivity contribution in [2.24, 2.45) is 0 Å². The van der Waals surface area contributed by atoms with Crippen LogP contribution < -0.4 is 9.47 Å². The molecular formula is C30H34BrN3O5S. The SMILES string of the molecule is COc1ccc(CN(CCc2c[nH]c3ccccc23)C(=O)CN(C(C)C)S(=O)(=O)c2ccc(Br)cc2)cc1OC. The second-order valence-electron chi connectivity index (χ2n) is 9.71. The Labute approximate surface area is 244 Å². The lowest BCUT2D eigenvalue weighted by Crippen LogP contribution is -2.46. The van der Waals surface area contributed by atoms with Gasteiger partial charge >= 0.3 is 0 Å². The van der Waals surface area contributed by atoms with Gasteiger partial charge in [-0.25, -0.2) is 8.42 Å². The van der Waals surface area contributed by atoms with E-state index in [9.17, 15) is 13.2 Å². The van der Waals surface area contributed by atoms with E-state index in [1.165, 1.54) is 16.4 Å². The lowest BCUT2D eigenvalue weighted by molar-refractivity contribution is -0.132. The fourth-order valence-corrected chi connectivity index (χ4v) is 6.46. The Morgan fingerprint density at radius 1 is 0.975 bits per heavy atom. The molecule has 212 valence electrons. The van der Waals surface area contributed by atoms with Crippen LogP contribution >= 0.6 is 15.9 Å². The van der Waals surface area contributed by atoms with Crippen LogP contribution in [0.3, 0.4) is 0 Å². The molecule has 3 aromatic carbocycles. The van der Waals surface area contributed by atoms with Gasteiger partial charge in [-0.15, -0.1) is 0 Å².